The number of unbranched alkanes of at least 4 members (excludes halogenated alkanes) is 1. The maximum absolute atomic E-state index is 11.3. The highest BCUT2D eigenvalue weighted by atomic mass is 32.2. The quantitative estimate of drug-likeness (QED) is 0.316. The van der Waals surface area contributed by atoms with Gasteiger partial charge in [-0.15, -0.1) is 0 Å². The zero-order valence-corrected chi connectivity index (χ0v) is 17.6. The van der Waals surface area contributed by atoms with Gasteiger partial charge in [0.2, 0.25) is 5.91 Å². The van der Waals surface area contributed by atoms with Crippen LogP contribution in [0.5, 0.6) is 5.75 Å². The van der Waals surface area contributed by atoms with Gasteiger partial charge < -0.3 is 9.47 Å². The van der Waals surface area contributed by atoms with E-state index in [-0.39, 0.29) is 5.91 Å². The van der Waals surface area contributed by atoms with Crippen molar-refractivity contribution in [2.45, 2.75) is 57.2 Å². The van der Waals surface area contributed by atoms with Gasteiger partial charge in [-0.1, -0.05) is 18.2 Å². The molecule has 1 amide bonds. The van der Waals surface area contributed by atoms with Crippen LogP contribution in [-0.2, 0) is 9.53 Å². The summed E-state index contributed by atoms with van der Waals surface area (Å²) < 4.78 is 12.1. The second-order valence-corrected chi connectivity index (χ2v) is 9.07. The molecule has 2 bridgehead atoms. The van der Waals surface area contributed by atoms with E-state index in [0.717, 1.165) is 43.1 Å². The number of rotatable bonds is 12. The number of carbonyl (C=O) groups excluding carboxylic acids is 1. The van der Waals surface area contributed by atoms with E-state index < -0.39 is 0 Å². The predicted molar refractivity (Wildman–Crippen MR) is 112 cm³/mol. The molecule has 2 heterocycles. The lowest BCUT2D eigenvalue weighted by atomic mass is 9.76. The van der Waals surface area contributed by atoms with Gasteiger partial charge in [0, 0.05) is 13.5 Å². The smallest absolute Gasteiger partial charge is 0.245 e. The van der Waals surface area contributed by atoms with E-state index in [4.69, 9.17) is 14.7 Å². The number of carbonyl (C=O) groups is 1. The standard InChI is InChI=1S/C22H33NO4S/c1-23(25)22(24)9-5-6-15-28-16-13-19-18(20-10-11-21(19)27-20)12-14-26-17-7-3-2-4-8-17/h2-4,7-8,18-21,25H,5-6,9-16H2,1H3/t18-,19+,20-,21+/m0/s1. The maximum atomic E-state index is 11.3. The SMILES string of the molecule is CN(O)C(=O)CCCCSCC[C@@H]1[C@H](CCOc2ccccc2)[C@@H]2CC[C@H]1O2. The van der Waals surface area contributed by atoms with Crippen molar-refractivity contribution in [3.63, 3.8) is 0 Å². The van der Waals surface area contributed by atoms with Crippen molar-refractivity contribution in [3.05, 3.63) is 30.3 Å². The fourth-order valence-corrected chi connectivity index (χ4v) is 5.51. The van der Waals surface area contributed by atoms with Crippen LogP contribution in [0.2, 0.25) is 0 Å². The van der Waals surface area contributed by atoms with E-state index in [1.165, 1.54) is 26.3 Å². The molecule has 2 saturated heterocycles. The van der Waals surface area contributed by atoms with E-state index in [1.54, 1.807) is 0 Å². The van der Waals surface area contributed by atoms with Crippen molar-refractivity contribution in [1.82, 2.24) is 5.06 Å². The molecule has 0 aromatic heterocycles. The van der Waals surface area contributed by atoms with Crippen LogP contribution in [-0.4, -0.2) is 53.5 Å². The molecule has 0 spiro atoms. The van der Waals surface area contributed by atoms with Crippen molar-refractivity contribution in [2.75, 3.05) is 25.2 Å². The second kappa shape index (κ2) is 11.1. The molecular weight excluding hydrogens is 374 g/mol. The molecule has 4 atom stereocenters. The lowest BCUT2D eigenvalue weighted by molar-refractivity contribution is -0.159. The van der Waals surface area contributed by atoms with E-state index in [0.29, 0.717) is 35.5 Å². The zero-order valence-electron chi connectivity index (χ0n) is 16.8. The first-order valence-corrected chi connectivity index (χ1v) is 11.7. The van der Waals surface area contributed by atoms with Gasteiger partial charge in [-0.05, 0) is 74.0 Å². The maximum Gasteiger partial charge on any atom is 0.245 e. The minimum Gasteiger partial charge on any atom is -0.494 e. The van der Waals surface area contributed by atoms with Crippen LogP contribution in [0.3, 0.4) is 0 Å². The van der Waals surface area contributed by atoms with Crippen LogP contribution in [0.4, 0.5) is 0 Å². The number of nitrogens with zero attached hydrogens (tertiary/aromatic N) is 1. The Morgan fingerprint density at radius 1 is 1.14 bits per heavy atom. The van der Waals surface area contributed by atoms with Crippen molar-refractivity contribution in [3.8, 4) is 5.75 Å². The number of hydrogen-bond donors (Lipinski definition) is 1. The van der Waals surface area contributed by atoms with Crippen molar-refractivity contribution >= 4 is 17.7 Å². The van der Waals surface area contributed by atoms with Crippen LogP contribution in [0, 0.1) is 11.8 Å². The number of fused-ring (bicyclic) bond motifs is 2. The van der Waals surface area contributed by atoms with Gasteiger partial charge in [0.05, 0.1) is 18.8 Å². The summed E-state index contributed by atoms with van der Waals surface area (Å²) in [6.07, 6.45) is 7.87. The van der Waals surface area contributed by atoms with E-state index in [1.807, 2.05) is 42.1 Å². The average Bonchev–Trinajstić information content (AvgIpc) is 3.30. The Morgan fingerprint density at radius 2 is 1.86 bits per heavy atom. The number of thioether (sulfide) groups is 1. The van der Waals surface area contributed by atoms with Crippen molar-refractivity contribution in [1.29, 1.82) is 0 Å². The van der Waals surface area contributed by atoms with Crippen LogP contribution < -0.4 is 4.74 Å². The summed E-state index contributed by atoms with van der Waals surface area (Å²) in [6, 6.07) is 10.0. The molecule has 28 heavy (non-hydrogen) atoms. The van der Waals surface area contributed by atoms with E-state index in [9.17, 15) is 4.79 Å². The zero-order chi connectivity index (χ0) is 19.8. The molecule has 0 unspecified atom stereocenters. The molecule has 1 N–H and O–H groups in total. The molecule has 0 aliphatic carbocycles. The number of hydrogen-bond acceptors (Lipinski definition) is 5. The summed E-state index contributed by atoms with van der Waals surface area (Å²) in [5.74, 6) is 4.26. The number of benzene rings is 1. The van der Waals surface area contributed by atoms with Crippen LogP contribution in [0.15, 0.2) is 30.3 Å². The van der Waals surface area contributed by atoms with Crippen molar-refractivity contribution < 1.29 is 19.5 Å². The van der Waals surface area contributed by atoms with Crippen molar-refractivity contribution in [2.24, 2.45) is 11.8 Å². The summed E-state index contributed by atoms with van der Waals surface area (Å²) in [7, 11) is 1.38. The Kier molecular flexibility index (Phi) is 8.49. The fraction of sp³-hybridized carbons (Fsp3) is 0.682. The molecule has 2 aliphatic rings. The van der Waals surface area contributed by atoms with Gasteiger partial charge >= 0.3 is 0 Å². The van der Waals surface area contributed by atoms with E-state index >= 15 is 0 Å². The third-order valence-corrected chi connectivity index (χ3v) is 7.04. The van der Waals surface area contributed by atoms with Gasteiger partial charge in [0.15, 0.2) is 0 Å². The Bertz CT molecular complexity index is 597. The molecule has 5 nitrogen and oxygen atoms in total. The largest absolute Gasteiger partial charge is 0.494 e. The third kappa shape index (κ3) is 6.13. The highest BCUT2D eigenvalue weighted by Gasteiger charge is 2.47. The molecule has 0 radical (unpaired) electrons. The van der Waals surface area contributed by atoms with Gasteiger partial charge in [-0.3, -0.25) is 10.0 Å². The molecule has 6 heteroatoms. The number of ether oxygens (including phenoxy) is 2. The summed E-state index contributed by atoms with van der Waals surface area (Å²) in [5.41, 5.74) is 0. The van der Waals surface area contributed by atoms with Crippen LogP contribution in [0.25, 0.3) is 0 Å². The first-order chi connectivity index (χ1) is 13.6. The average molecular weight is 408 g/mol. The van der Waals surface area contributed by atoms with Crippen LogP contribution >= 0.6 is 11.8 Å². The summed E-state index contributed by atoms with van der Waals surface area (Å²) in [4.78, 5) is 11.3. The van der Waals surface area contributed by atoms with E-state index in [2.05, 4.69) is 0 Å². The second-order valence-electron chi connectivity index (χ2n) is 7.84. The third-order valence-electron chi connectivity index (χ3n) is 5.94. The lowest BCUT2D eigenvalue weighted by Crippen LogP contribution is -2.29. The molecular formula is C22H33NO4S. The molecule has 3 rings (SSSR count). The molecule has 2 fully saturated rings. The van der Waals surface area contributed by atoms with Crippen LogP contribution in [0.1, 0.15) is 44.9 Å². The normalized spacial score (nSPS) is 25.8. The molecule has 1 aromatic carbocycles. The molecule has 156 valence electrons. The summed E-state index contributed by atoms with van der Waals surface area (Å²) >= 11 is 1.98. The van der Waals surface area contributed by atoms with Gasteiger partial charge in [-0.25, -0.2) is 5.06 Å². The number of hydroxylamine groups is 2. The minimum absolute atomic E-state index is 0.204. The summed E-state index contributed by atoms with van der Waals surface area (Å²) in [6.45, 7) is 0.762. The fourth-order valence-electron chi connectivity index (χ4n) is 4.46. The Balaban J connectivity index is 1.31. The number of amides is 1. The Morgan fingerprint density at radius 3 is 2.57 bits per heavy atom. The lowest BCUT2D eigenvalue weighted by Gasteiger charge is -2.28. The highest BCUT2D eigenvalue weighted by molar-refractivity contribution is 7.99. The highest BCUT2D eigenvalue weighted by Crippen LogP contribution is 2.46. The minimum atomic E-state index is -0.204. The molecule has 2 aliphatic heterocycles. The molecule has 1 aromatic rings. The van der Waals surface area contributed by atoms with Gasteiger partial charge in [0.1, 0.15) is 5.75 Å². The monoisotopic (exact) mass is 407 g/mol. The van der Waals surface area contributed by atoms with Gasteiger partial charge in [0.25, 0.3) is 0 Å². The topological polar surface area (TPSA) is 59.0 Å². The Hall–Kier alpha value is -1.24. The van der Waals surface area contributed by atoms with Gasteiger partial charge in [-0.2, -0.15) is 11.8 Å². The number of para-hydroxylation sites is 1. The first-order valence-electron chi connectivity index (χ1n) is 10.5. The predicted octanol–water partition coefficient (Wildman–Crippen LogP) is 4.39. The summed E-state index contributed by atoms with van der Waals surface area (Å²) in [5, 5.41) is 9.73. The molecule has 0 saturated carbocycles. The first kappa shape index (κ1) is 21.5. The Labute approximate surface area is 172 Å².